The Bertz CT molecular complexity index is 1310. The molecule has 0 aliphatic carbocycles. The number of piperidine rings is 2. The molecule has 0 unspecified atom stereocenters. The first-order chi connectivity index (χ1) is 16.6. The van der Waals surface area contributed by atoms with E-state index in [1.54, 1.807) is 25.4 Å². The second kappa shape index (κ2) is 8.45. The van der Waals surface area contributed by atoms with Crippen LogP contribution < -0.4 is 15.8 Å². The molecule has 2 fully saturated rings. The van der Waals surface area contributed by atoms with Crippen LogP contribution in [0.15, 0.2) is 47.4 Å². The van der Waals surface area contributed by atoms with Crippen LogP contribution in [0.2, 0.25) is 0 Å². The molecule has 2 aliphatic rings. The van der Waals surface area contributed by atoms with E-state index in [1.165, 1.54) is 42.0 Å². The van der Waals surface area contributed by atoms with Gasteiger partial charge in [-0.3, -0.25) is 4.79 Å². The van der Waals surface area contributed by atoms with Gasteiger partial charge in [-0.05, 0) is 81.8 Å². The SMILES string of the molecule is CN(c1ccc(-c2cc(F)c(-c3ccn(C)c(=O)c3)cc2O)nn1)[C@@H]1C[C@]2(C)CCC[C@](C)(C1)N2. The van der Waals surface area contributed by atoms with Crippen molar-refractivity contribution in [1.82, 2.24) is 20.1 Å². The molecular weight excluding hydrogens is 445 g/mol. The van der Waals surface area contributed by atoms with Gasteiger partial charge >= 0.3 is 0 Å². The number of phenolic OH excluding ortho intramolecular Hbond substituents is 1. The average Bonchev–Trinajstić information content (AvgIpc) is 2.80. The maximum atomic E-state index is 15.0. The molecule has 2 N–H and O–H groups in total. The number of hydrogen-bond acceptors (Lipinski definition) is 6. The Labute approximate surface area is 204 Å². The molecule has 3 aromatic rings. The Balaban J connectivity index is 1.39. The van der Waals surface area contributed by atoms with Gasteiger partial charge < -0.3 is 19.9 Å². The molecule has 2 saturated heterocycles. The second-order valence-electron chi connectivity index (χ2n) is 10.8. The summed E-state index contributed by atoms with van der Waals surface area (Å²) in [5, 5.41) is 23.2. The van der Waals surface area contributed by atoms with E-state index in [0.29, 0.717) is 17.3 Å². The predicted molar refractivity (Wildman–Crippen MR) is 135 cm³/mol. The van der Waals surface area contributed by atoms with E-state index in [2.05, 4.69) is 41.3 Å². The summed E-state index contributed by atoms with van der Waals surface area (Å²) < 4.78 is 16.4. The van der Waals surface area contributed by atoms with Gasteiger partial charge in [0.1, 0.15) is 11.6 Å². The Kier molecular flexibility index (Phi) is 5.67. The van der Waals surface area contributed by atoms with Crippen molar-refractivity contribution in [1.29, 1.82) is 0 Å². The van der Waals surface area contributed by atoms with Crippen LogP contribution in [0, 0.1) is 5.82 Å². The van der Waals surface area contributed by atoms with Crippen molar-refractivity contribution >= 4 is 5.82 Å². The summed E-state index contributed by atoms with van der Waals surface area (Å²) in [7, 11) is 3.68. The van der Waals surface area contributed by atoms with E-state index in [1.807, 2.05) is 6.07 Å². The first-order valence-corrected chi connectivity index (χ1v) is 12.1. The summed E-state index contributed by atoms with van der Waals surface area (Å²) in [5.74, 6) is 0.0870. The molecule has 2 bridgehead atoms. The summed E-state index contributed by atoms with van der Waals surface area (Å²) in [5.41, 5.74) is 1.22. The van der Waals surface area contributed by atoms with Crippen LogP contribution in [-0.2, 0) is 7.05 Å². The van der Waals surface area contributed by atoms with Crippen molar-refractivity contribution in [3.63, 3.8) is 0 Å². The van der Waals surface area contributed by atoms with Gasteiger partial charge in [0, 0.05) is 54.6 Å². The zero-order valence-electron chi connectivity index (χ0n) is 20.7. The number of pyridine rings is 1. The molecular formula is C27H32FN5O2. The number of nitrogens with one attached hydrogen (secondary N) is 1. The van der Waals surface area contributed by atoms with Crippen molar-refractivity contribution < 1.29 is 9.50 Å². The lowest BCUT2D eigenvalue weighted by Gasteiger charge is -2.55. The molecule has 0 saturated carbocycles. The van der Waals surface area contributed by atoms with Gasteiger partial charge in [0.2, 0.25) is 0 Å². The smallest absolute Gasteiger partial charge is 0.250 e. The predicted octanol–water partition coefficient (Wildman–Crippen LogP) is 4.24. The lowest BCUT2D eigenvalue weighted by molar-refractivity contribution is 0.0784. The molecule has 4 heterocycles. The average molecular weight is 478 g/mol. The Morgan fingerprint density at radius 2 is 1.80 bits per heavy atom. The summed E-state index contributed by atoms with van der Waals surface area (Å²) in [6.07, 6.45) is 7.26. The van der Waals surface area contributed by atoms with Gasteiger partial charge in [-0.1, -0.05) is 0 Å². The maximum absolute atomic E-state index is 15.0. The fourth-order valence-electron chi connectivity index (χ4n) is 5.96. The standard InChI is InChI=1S/C27H32FN5O2/c1-26-9-5-10-27(2,31-26)16-18(15-26)33(4)24-7-6-22(29-30-24)20-13-21(28)19(14-23(20)34)17-8-11-32(3)25(35)12-17/h6-8,11-14,18,31,34H,5,9-10,15-16H2,1-4H3/t18-,26+,27-. The molecule has 35 heavy (non-hydrogen) atoms. The van der Waals surface area contributed by atoms with E-state index in [0.717, 1.165) is 18.7 Å². The lowest BCUT2D eigenvalue weighted by atomic mass is 9.69. The fourth-order valence-corrected chi connectivity index (χ4v) is 5.96. The molecule has 2 aromatic heterocycles. The summed E-state index contributed by atoms with van der Waals surface area (Å²) in [6, 6.07) is 9.53. The third kappa shape index (κ3) is 4.43. The minimum atomic E-state index is -0.545. The Morgan fingerprint density at radius 1 is 1.09 bits per heavy atom. The van der Waals surface area contributed by atoms with Crippen molar-refractivity contribution in [2.24, 2.45) is 7.05 Å². The van der Waals surface area contributed by atoms with E-state index in [9.17, 15) is 14.3 Å². The highest BCUT2D eigenvalue weighted by atomic mass is 19.1. The van der Waals surface area contributed by atoms with Crippen LogP contribution in [0.5, 0.6) is 5.75 Å². The van der Waals surface area contributed by atoms with Gasteiger partial charge in [0.15, 0.2) is 5.82 Å². The van der Waals surface area contributed by atoms with Crippen LogP contribution >= 0.6 is 0 Å². The minimum Gasteiger partial charge on any atom is -0.507 e. The number of nitrogens with zero attached hydrogens (tertiary/aromatic N) is 4. The van der Waals surface area contributed by atoms with Gasteiger partial charge in [-0.15, -0.1) is 10.2 Å². The van der Waals surface area contributed by atoms with Crippen LogP contribution in [0.1, 0.15) is 46.0 Å². The Hall–Kier alpha value is -3.26. The van der Waals surface area contributed by atoms with Crippen molar-refractivity contribution in [2.45, 2.75) is 63.1 Å². The monoisotopic (exact) mass is 477 g/mol. The Morgan fingerprint density at radius 3 is 2.43 bits per heavy atom. The molecule has 5 rings (SSSR count). The molecule has 3 atom stereocenters. The van der Waals surface area contributed by atoms with E-state index in [4.69, 9.17) is 0 Å². The molecule has 2 aliphatic heterocycles. The van der Waals surface area contributed by atoms with Gasteiger partial charge in [-0.25, -0.2) is 4.39 Å². The van der Waals surface area contributed by atoms with Crippen LogP contribution in [-0.4, -0.2) is 44.0 Å². The van der Waals surface area contributed by atoms with Gasteiger partial charge in [0.05, 0.1) is 5.69 Å². The number of anilines is 1. The van der Waals surface area contributed by atoms with Crippen molar-refractivity contribution in [3.8, 4) is 28.1 Å². The third-order valence-electron chi connectivity index (χ3n) is 7.77. The maximum Gasteiger partial charge on any atom is 0.250 e. The van der Waals surface area contributed by atoms with Crippen molar-refractivity contribution in [2.75, 3.05) is 11.9 Å². The molecule has 0 spiro atoms. The van der Waals surface area contributed by atoms with E-state index < -0.39 is 5.82 Å². The minimum absolute atomic E-state index is 0.121. The number of halogens is 1. The highest BCUT2D eigenvalue weighted by Crippen LogP contribution is 2.42. The normalized spacial score (nSPS) is 25.9. The van der Waals surface area contributed by atoms with Crippen LogP contribution in [0.3, 0.4) is 0 Å². The quantitative estimate of drug-likeness (QED) is 0.585. The van der Waals surface area contributed by atoms with Gasteiger partial charge in [0.25, 0.3) is 5.56 Å². The summed E-state index contributed by atoms with van der Waals surface area (Å²) in [6.45, 7) is 4.63. The molecule has 0 amide bonds. The highest BCUT2D eigenvalue weighted by molar-refractivity contribution is 5.74. The highest BCUT2D eigenvalue weighted by Gasteiger charge is 2.46. The second-order valence-corrected chi connectivity index (χ2v) is 10.8. The molecule has 1 aromatic carbocycles. The molecule has 0 radical (unpaired) electrons. The molecule has 8 heteroatoms. The van der Waals surface area contributed by atoms with Crippen LogP contribution in [0.4, 0.5) is 10.2 Å². The third-order valence-corrected chi connectivity index (χ3v) is 7.77. The first-order valence-electron chi connectivity index (χ1n) is 12.1. The number of fused-ring (bicyclic) bond motifs is 2. The number of rotatable bonds is 4. The molecule has 184 valence electrons. The molecule has 7 nitrogen and oxygen atoms in total. The largest absolute Gasteiger partial charge is 0.507 e. The number of aromatic hydroxyl groups is 1. The summed E-state index contributed by atoms with van der Waals surface area (Å²) >= 11 is 0. The number of aryl methyl sites for hydroxylation is 1. The van der Waals surface area contributed by atoms with Gasteiger partial charge in [-0.2, -0.15) is 0 Å². The first kappa shape index (κ1) is 23.5. The van der Waals surface area contributed by atoms with E-state index >= 15 is 0 Å². The number of aromatic nitrogens is 3. The summed E-state index contributed by atoms with van der Waals surface area (Å²) in [4.78, 5) is 14.1. The zero-order chi connectivity index (χ0) is 25.0. The van der Waals surface area contributed by atoms with Crippen molar-refractivity contribution in [3.05, 3.63) is 58.8 Å². The van der Waals surface area contributed by atoms with E-state index in [-0.39, 0.29) is 33.5 Å². The lowest BCUT2D eigenvalue weighted by Crippen LogP contribution is -2.66. The zero-order valence-corrected chi connectivity index (χ0v) is 20.7. The number of benzene rings is 1. The fraction of sp³-hybridized carbons (Fsp3) is 0.444. The van der Waals surface area contributed by atoms with Crippen LogP contribution in [0.25, 0.3) is 22.4 Å². The number of phenols is 1. The number of hydrogen-bond donors (Lipinski definition) is 2. The topological polar surface area (TPSA) is 83.3 Å².